The van der Waals surface area contributed by atoms with Gasteiger partial charge in [-0.05, 0) is 94.6 Å². The molecule has 0 saturated heterocycles. The molecule has 0 aliphatic carbocycles. The highest BCUT2D eigenvalue weighted by Crippen LogP contribution is 2.48. The highest BCUT2D eigenvalue weighted by Gasteiger charge is 2.45. The SMILES string of the molecule is C[Si](C)(C)c1ccc(N2c3ccc([Si](C)(C)C)cc3B3c4ccc(N(c5ccccc5)c5ccccc5)cc4N(c4ccccc4)c4c3c2cc2ccccc42)cc1. The second-order valence-electron chi connectivity index (χ2n) is 17.9. The smallest absolute Gasteiger partial charge is 0.252 e. The maximum absolute atomic E-state index is 2.58. The molecule has 58 heavy (non-hydrogen) atoms. The first-order valence-corrected chi connectivity index (χ1v) is 27.6. The van der Waals surface area contributed by atoms with Crippen molar-refractivity contribution in [3.8, 4) is 0 Å². The number of fused-ring (bicyclic) bond motifs is 6. The van der Waals surface area contributed by atoms with E-state index in [0.717, 1.165) is 22.7 Å². The van der Waals surface area contributed by atoms with E-state index in [9.17, 15) is 0 Å². The molecular weight excluding hydrogens is 734 g/mol. The molecule has 0 unspecified atom stereocenters. The van der Waals surface area contributed by atoms with Gasteiger partial charge in [0.15, 0.2) is 0 Å². The molecule has 0 N–H and O–H groups in total. The lowest BCUT2D eigenvalue weighted by atomic mass is 9.33. The Morgan fingerprint density at radius 3 is 1.62 bits per heavy atom. The summed E-state index contributed by atoms with van der Waals surface area (Å²) < 4.78 is 0. The van der Waals surface area contributed by atoms with Gasteiger partial charge in [0.1, 0.15) is 0 Å². The van der Waals surface area contributed by atoms with Gasteiger partial charge in [0.25, 0.3) is 6.71 Å². The monoisotopic (exact) mass is 781 g/mol. The van der Waals surface area contributed by atoms with Gasteiger partial charge in [0.2, 0.25) is 0 Å². The summed E-state index contributed by atoms with van der Waals surface area (Å²) in [5, 5.41) is 5.44. The number of hydrogen-bond donors (Lipinski definition) is 0. The van der Waals surface area contributed by atoms with E-state index in [2.05, 4.69) is 236 Å². The van der Waals surface area contributed by atoms with E-state index in [1.54, 1.807) is 0 Å². The highest BCUT2D eigenvalue weighted by molar-refractivity contribution is 7.01. The van der Waals surface area contributed by atoms with Crippen LogP contribution >= 0.6 is 0 Å². The van der Waals surface area contributed by atoms with Crippen molar-refractivity contribution in [2.75, 3.05) is 14.7 Å². The normalized spacial score (nSPS) is 13.2. The summed E-state index contributed by atoms with van der Waals surface area (Å²) in [5.41, 5.74) is 14.8. The predicted octanol–water partition coefficient (Wildman–Crippen LogP) is 11.5. The van der Waals surface area contributed by atoms with Crippen molar-refractivity contribution in [2.24, 2.45) is 0 Å². The quantitative estimate of drug-likeness (QED) is 0.149. The van der Waals surface area contributed by atoms with E-state index in [1.165, 1.54) is 66.0 Å². The summed E-state index contributed by atoms with van der Waals surface area (Å²) >= 11 is 0. The van der Waals surface area contributed by atoms with E-state index in [1.807, 2.05) is 0 Å². The Labute approximate surface area is 345 Å². The lowest BCUT2D eigenvalue weighted by Gasteiger charge is -2.45. The average molecular weight is 782 g/mol. The minimum absolute atomic E-state index is 0.0318. The van der Waals surface area contributed by atoms with E-state index in [0.29, 0.717) is 0 Å². The van der Waals surface area contributed by atoms with Crippen molar-refractivity contribution in [3.05, 3.63) is 182 Å². The fraction of sp³-hybridized carbons (Fsp3) is 0.115. The molecule has 282 valence electrons. The van der Waals surface area contributed by atoms with Crippen LogP contribution in [-0.4, -0.2) is 22.9 Å². The van der Waals surface area contributed by atoms with Crippen LogP contribution in [0, 0.1) is 0 Å². The van der Waals surface area contributed by atoms with Crippen molar-refractivity contribution in [2.45, 2.75) is 39.3 Å². The molecule has 0 saturated carbocycles. The summed E-state index contributed by atoms with van der Waals surface area (Å²) in [6.07, 6.45) is 0. The Morgan fingerprint density at radius 1 is 0.414 bits per heavy atom. The van der Waals surface area contributed by atoms with Crippen molar-refractivity contribution in [3.63, 3.8) is 0 Å². The van der Waals surface area contributed by atoms with Gasteiger partial charge >= 0.3 is 0 Å². The molecule has 0 radical (unpaired) electrons. The minimum Gasteiger partial charge on any atom is -0.311 e. The molecule has 2 aliphatic heterocycles. The number of nitrogens with zero attached hydrogens (tertiary/aromatic N) is 3. The minimum atomic E-state index is -1.68. The zero-order valence-electron chi connectivity index (χ0n) is 34.2. The topological polar surface area (TPSA) is 9.72 Å². The zero-order valence-corrected chi connectivity index (χ0v) is 36.2. The van der Waals surface area contributed by atoms with Gasteiger partial charge in [-0.1, -0.05) is 159 Å². The third-order valence-corrected chi connectivity index (χ3v) is 16.2. The lowest BCUT2D eigenvalue weighted by Crippen LogP contribution is -2.62. The maximum atomic E-state index is 2.58. The van der Waals surface area contributed by atoms with Gasteiger partial charge in [-0.3, -0.25) is 0 Å². The standard InChI is InChI=1S/C52H48BN3Si2/c1-57(2,3)43-29-26-41(27-30-43)55-48-33-31-44(58(4,5)6)36-47(48)53-46-32-28-42(54(38-19-10-7-11-20-38)39-21-12-8-13-22-39)35-49(46)56(40-23-14-9-15-24-40)52-45-25-17-16-18-37(45)34-50(55)51(52)53/h7-36H,1-6H3. The molecule has 0 atom stereocenters. The molecule has 0 fully saturated rings. The number of hydrogen-bond acceptors (Lipinski definition) is 3. The first-order chi connectivity index (χ1) is 28.1. The van der Waals surface area contributed by atoms with E-state index >= 15 is 0 Å². The number of rotatable bonds is 7. The molecule has 2 heterocycles. The molecule has 0 amide bonds. The largest absolute Gasteiger partial charge is 0.311 e. The highest BCUT2D eigenvalue weighted by atomic mass is 28.3. The average Bonchev–Trinajstić information content (AvgIpc) is 3.24. The Bertz CT molecular complexity index is 2770. The third kappa shape index (κ3) is 6.02. The first-order valence-electron chi connectivity index (χ1n) is 20.6. The molecule has 8 aromatic rings. The second kappa shape index (κ2) is 13.8. The fourth-order valence-corrected chi connectivity index (χ4v) is 11.5. The lowest BCUT2D eigenvalue weighted by molar-refractivity contribution is 1.25. The van der Waals surface area contributed by atoms with E-state index in [4.69, 9.17) is 0 Å². The predicted molar refractivity (Wildman–Crippen MR) is 259 cm³/mol. The maximum Gasteiger partial charge on any atom is 0.252 e. The van der Waals surface area contributed by atoms with Crippen LogP contribution in [0.2, 0.25) is 39.3 Å². The molecule has 8 aromatic carbocycles. The van der Waals surface area contributed by atoms with E-state index in [-0.39, 0.29) is 6.71 Å². The van der Waals surface area contributed by atoms with Crippen LogP contribution in [0.25, 0.3) is 10.8 Å². The third-order valence-electron chi connectivity index (χ3n) is 12.1. The van der Waals surface area contributed by atoms with Crippen molar-refractivity contribution in [1.29, 1.82) is 0 Å². The molecule has 6 heteroatoms. The molecule has 3 nitrogen and oxygen atoms in total. The van der Waals surface area contributed by atoms with Crippen LogP contribution in [0.1, 0.15) is 0 Å². The Hall–Kier alpha value is -6.08. The first kappa shape index (κ1) is 36.3. The van der Waals surface area contributed by atoms with Gasteiger partial charge in [-0.25, -0.2) is 0 Å². The van der Waals surface area contributed by atoms with E-state index < -0.39 is 16.1 Å². The second-order valence-corrected chi connectivity index (χ2v) is 28.0. The molecule has 10 rings (SSSR count). The molecular formula is C52H48BN3Si2. The van der Waals surface area contributed by atoms with Crippen LogP contribution in [-0.2, 0) is 0 Å². The summed E-state index contributed by atoms with van der Waals surface area (Å²) in [5.74, 6) is 0. The molecule has 2 aliphatic rings. The Balaban J connectivity index is 1.31. The van der Waals surface area contributed by atoms with Crippen molar-refractivity contribution < 1.29 is 0 Å². The van der Waals surface area contributed by atoms with Crippen LogP contribution in [0.3, 0.4) is 0 Å². The summed E-state index contributed by atoms with van der Waals surface area (Å²) in [6.45, 7) is 14.7. The van der Waals surface area contributed by atoms with Crippen LogP contribution in [0.4, 0.5) is 51.2 Å². The van der Waals surface area contributed by atoms with Gasteiger partial charge in [0.05, 0.1) is 21.8 Å². The molecule has 0 spiro atoms. The van der Waals surface area contributed by atoms with Crippen molar-refractivity contribution in [1.82, 2.24) is 0 Å². The van der Waals surface area contributed by atoms with Crippen LogP contribution in [0.15, 0.2) is 182 Å². The zero-order chi connectivity index (χ0) is 39.8. The Kier molecular flexibility index (Phi) is 8.62. The summed E-state index contributed by atoms with van der Waals surface area (Å²) in [7, 11) is -3.18. The van der Waals surface area contributed by atoms with Gasteiger partial charge in [0, 0.05) is 50.9 Å². The van der Waals surface area contributed by atoms with Crippen LogP contribution in [0.5, 0.6) is 0 Å². The fourth-order valence-electron chi connectivity index (χ4n) is 9.17. The van der Waals surface area contributed by atoms with Gasteiger partial charge < -0.3 is 14.7 Å². The Morgan fingerprint density at radius 2 is 0.983 bits per heavy atom. The van der Waals surface area contributed by atoms with Gasteiger partial charge in [-0.15, -0.1) is 0 Å². The van der Waals surface area contributed by atoms with Gasteiger partial charge in [-0.2, -0.15) is 0 Å². The molecule has 0 bridgehead atoms. The number of anilines is 9. The summed E-state index contributed by atoms with van der Waals surface area (Å²) in [6, 6.07) is 68.1. The number of para-hydroxylation sites is 3. The van der Waals surface area contributed by atoms with Crippen molar-refractivity contribution >= 4 is 112 Å². The van der Waals surface area contributed by atoms with Crippen LogP contribution < -0.4 is 41.5 Å². The number of benzene rings is 8. The molecule has 0 aromatic heterocycles. The summed E-state index contributed by atoms with van der Waals surface area (Å²) in [4.78, 5) is 7.51.